The summed E-state index contributed by atoms with van der Waals surface area (Å²) in [6.45, 7) is 1.32. The van der Waals surface area contributed by atoms with Gasteiger partial charge in [-0.05, 0) is 32.4 Å². The van der Waals surface area contributed by atoms with Gasteiger partial charge in [0.1, 0.15) is 15.9 Å². The van der Waals surface area contributed by atoms with Gasteiger partial charge in [-0.15, -0.1) is 0 Å². The molecule has 1 aliphatic heterocycles. The van der Waals surface area contributed by atoms with Gasteiger partial charge in [0.2, 0.25) is 0 Å². The fourth-order valence-corrected chi connectivity index (χ4v) is 2.56. The molecule has 1 N–H and O–H groups in total. The SMILES string of the molecule is CS(=O)(=O)CCCN1CCCC1C(=O)O. The molecule has 0 spiro atoms. The van der Waals surface area contributed by atoms with E-state index in [0.717, 1.165) is 13.0 Å². The molecular formula is C9H17NO4S. The number of hydrogen-bond acceptors (Lipinski definition) is 4. The molecule has 88 valence electrons. The molecule has 6 heteroatoms. The quantitative estimate of drug-likeness (QED) is 0.724. The third kappa shape index (κ3) is 4.17. The number of sulfone groups is 1. The zero-order valence-corrected chi connectivity index (χ0v) is 9.66. The zero-order chi connectivity index (χ0) is 11.5. The van der Waals surface area contributed by atoms with E-state index in [-0.39, 0.29) is 5.75 Å². The van der Waals surface area contributed by atoms with Crippen molar-refractivity contribution in [3.63, 3.8) is 0 Å². The summed E-state index contributed by atoms with van der Waals surface area (Å²) in [7, 11) is -2.93. The monoisotopic (exact) mass is 235 g/mol. The van der Waals surface area contributed by atoms with E-state index in [1.807, 2.05) is 4.90 Å². The molecule has 1 aliphatic rings. The summed E-state index contributed by atoms with van der Waals surface area (Å²) < 4.78 is 21.8. The van der Waals surface area contributed by atoms with Crippen molar-refractivity contribution in [1.29, 1.82) is 0 Å². The summed E-state index contributed by atoms with van der Waals surface area (Å²) >= 11 is 0. The van der Waals surface area contributed by atoms with Crippen molar-refractivity contribution in [3.05, 3.63) is 0 Å². The lowest BCUT2D eigenvalue weighted by molar-refractivity contribution is -0.142. The average Bonchev–Trinajstić information content (AvgIpc) is 2.49. The predicted molar refractivity (Wildman–Crippen MR) is 56.6 cm³/mol. The zero-order valence-electron chi connectivity index (χ0n) is 8.85. The van der Waals surface area contributed by atoms with Crippen LogP contribution in [-0.4, -0.2) is 55.5 Å². The molecule has 1 fully saturated rings. The summed E-state index contributed by atoms with van der Waals surface area (Å²) in [6.07, 6.45) is 3.28. The fraction of sp³-hybridized carbons (Fsp3) is 0.889. The molecule has 0 aliphatic carbocycles. The summed E-state index contributed by atoms with van der Waals surface area (Å²) in [5.41, 5.74) is 0. The molecule has 0 saturated carbocycles. The Morgan fingerprint density at radius 2 is 2.20 bits per heavy atom. The third-order valence-electron chi connectivity index (χ3n) is 2.61. The Balaban J connectivity index is 2.35. The van der Waals surface area contributed by atoms with E-state index in [1.165, 1.54) is 6.26 Å². The van der Waals surface area contributed by atoms with Crippen LogP contribution in [0.15, 0.2) is 0 Å². The number of carbonyl (C=O) groups is 1. The van der Waals surface area contributed by atoms with Crippen LogP contribution < -0.4 is 0 Å². The minimum Gasteiger partial charge on any atom is -0.480 e. The number of hydrogen-bond donors (Lipinski definition) is 1. The first-order chi connectivity index (χ1) is 6.90. The molecular weight excluding hydrogens is 218 g/mol. The minimum atomic E-state index is -2.93. The second-order valence-electron chi connectivity index (χ2n) is 4.02. The van der Waals surface area contributed by atoms with E-state index in [2.05, 4.69) is 0 Å². The van der Waals surface area contributed by atoms with Crippen molar-refractivity contribution in [2.75, 3.05) is 25.1 Å². The number of aliphatic carboxylic acids is 1. The Bertz CT molecular complexity index is 325. The second-order valence-corrected chi connectivity index (χ2v) is 6.28. The van der Waals surface area contributed by atoms with Crippen molar-refractivity contribution in [1.82, 2.24) is 4.90 Å². The highest BCUT2D eigenvalue weighted by Gasteiger charge is 2.29. The van der Waals surface area contributed by atoms with E-state index < -0.39 is 21.8 Å². The van der Waals surface area contributed by atoms with Crippen molar-refractivity contribution in [3.8, 4) is 0 Å². The normalized spacial score (nSPS) is 23.1. The molecule has 1 saturated heterocycles. The van der Waals surface area contributed by atoms with Gasteiger partial charge < -0.3 is 5.11 Å². The Morgan fingerprint density at radius 3 is 2.73 bits per heavy atom. The highest BCUT2D eigenvalue weighted by Crippen LogP contribution is 2.17. The third-order valence-corrected chi connectivity index (χ3v) is 3.64. The molecule has 0 bridgehead atoms. The van der Waals surface area contributed by atoms with Gasteiger partial charge in [0, 0.05) is 6.26 Å². The molecule has 0 aromatic rings. The van der Waals surface area contributed by atoms with Crippen molar-refractivity contribution in [2.45, 2.75) is 25.3 Å². The second kappa shape index (κ2) is 4.94. The average molecular weight is 235 g/mol. The van der Waals surface area contributed by atoms with Gasteiger partial charge in [0.15, 0.2) is 0 Å². The topological polar surface area (TPSA) is 74.7 Å². The minimum absolute atomic E-state index is 0.135. The van der Waals surface area contributed by atoms with E-state index in [4.69, 9.17) is 5.11 Å². The van der Waals surface area contributed by atoms with Crippen molar-refractivity contribution >= 4 is 15.8 Å². The van der Waals surface area contributed by atoms with E-state index in [0.29, 0.717) is 19.4 Å². The molecule has 0 amide bonds. The van der Waals surface area contributed by atoms with Crippen LogP contribution in [-0.2, 0) is 14.6 Å². The lowest BCUT2D eigenvalue weighted by atomic mass is 10.2. The number of carboxylic acids is 1. The van der Waals surface area contributed by atoms with Crippen LogP contribution in [0.3, 0.4) is 0 Å². The highest BCUT2D eigenvalue weighted by atomic mass is 32.2. The molecule has 5 nitrogen and oxygen atoms in total. The van der Waals surface area contributed by atoms with Crippen LogP contribution in [0.4, 0.5) is 0 Å². The van der Waals surface area contributed by atoms with Crippen LogP contribution in [0.1, 0.15) is 19.3 Å². The fourth-order valence-electron chi connectivity index (χ4n) is 1.90. The number of rotatable bonds is 5. The van der Waals surface area contributed by atoms with Crippen molar-refractivity contribution < 1.29 is 18.3 Å². The smallest absolute Gasteiger partial charge is 0.320 e. The predicted octanol–water partition coefficient (Wildman–Crippen LogP) is -0.0299. The summed E-state index contributed by atoms with van der Waals surface area (Å²) in [4.78, 5) is 12.7. The molecule has 1 rings (SSSR count). The van der Waals surface area contributed by atoms with Crippen LogP contribution in [0.2, 0.25) is 0 Å². The number of likely N-dealkylation sites (tertiary alicyclic amines) is 1. The molecule has 0 aromatic carbocycles. The van der Waals surface area contributed by atoms with Crippen LogP contribution >= 0.6 is 0 Å². The number of nitrogens with zero attached hydrogens (tertiary/aromatic N) is 1. The molecule has 1 unspecified atom stereocenters. The van der Waals surface area contributed by atoms with Crippen molar-refractivity contribution in [2.24, 2.45) is 0 Å². The Morgan fingerprint density at radius 1 is 1.53 bits per heavy atom. The largest absolute Gasteiger partial charge is 0.480 e. The van der Waals surface area contributed by atoms with Gasteiger partial charge in [0.05, 0.1) is 5.75 Å². The lowest BCUT2D eigenvalue weighted by Crippen LogP contribution is -2.37. The Labute approximate surface area is 90.0 Å². The van der Waals surface area contributed by atoms with Gasteiger partial charge >= 0.3 is 5.97 Å². The van der Waals surface area contributed by atoms with Crippen LogP contribution in [0, 0.1) is 0 Å². The molecule has 0 radical (unpaired) electrons. The van der Waals surface area contributed by atoms with E-state index in [9.17, 15) is 13.2 Å². The summed E-state index contributed by atoms with van der Waals surface area (Å²) in [5, 5.41) is 8.88. The maximum Gasteiger partial charge on any atom is 0.320 e. The van der Waals surface area contributed by atoms with Gasteiger partial charge in [0.25, 0.3) is 0 Å². The maximum absolute atomic E-state index is 10.9. The molecule has 0 aromatic heterocycles. The lowest BCUT2D eigenvalue weighted by Gasteiger charge is -2.20. The summed E-state index contributed by atoms with van der Waals surface area (Å²) in [5.74, 6) is -0.664. The van der Waals surface area contributed by atoms with Gasteiger partial charge in [-0.2, -0.15) is 0 Å². The molecule has 15 heavy (non-hydrogen) atoms. The summed E-state index contributed by atoms with van der Waals surface area (Å²) in [6, 6.07) is -0.412. The Hall–Kier alpha value is -0.620. The first kappa shape index (κ1) is 12.4. The van der Waals surface area contributed by atoms with Gasteiger partial charge in [-0.1, -0.05) is 0 Å². The molecule has 1 atom stereocenters. The van der Waals surface area contributed by atoms with Crippen LogP contribution in [0.25, 0.3) is 0 Å². The van der Waals surface area contributed by atoms with Crippen LogP contribution in [0.5, 0.6) is 0 Å². The van der Waals surface area contributed by atoms with Gasteiger partial charge in [-0.25, -0.2) is 8.42 Å². The first-order valence-corrected chi connectivity index (χ1v) is 7.11. The highest BCUT2D eigenvalue weighted by molar-refractivity contribution is 7.90. The standard InChI is InChI=1S/C9H17NO4S/c1-15(13,14)7-3-6-10-5-2-4-8(10)9(11)12/h8H,2-7H2,1H3,(H,11,12). The van der Waals surface area contributed by atoms with Gasteiger partial charge in [-0.3, -0.25) is 9.69 Å². The maximum atomic E-state index is 10.9. The number of carboxylic acid groups (broad SMARTS) is 1. The van der Waals surface area contributed by atoms with E-state index in [1.54, 1.807) is 0 Å². The molecule has 1 heterocycles. The first-order valence-electron chi connectivity index (χ1n) is 5.05. The Kier molecular flexibility index (Phi) is 4.10. The van der Waals surface area contributed by atoms with E-state index >= 15 is 0 Å².